The maximum atomic E-state index is 13.4. The molecule has 4 aromatic carbocycles. The van der Waals surface area contributed by atoms with Crippen LogP contribution in [0.25, 0.3) is 0 Å². The summed E-state index contributed by atoms with van der Waals surface area (Å²) in [6.45, 7) is 0.954. The molecule has 50 heavy (non-hydrogen) atoms. The van der Waals surface area contributed by atoms with Gasteiger partial charge in [-0.15, -0.1) is 0 Å². The van der Waals surface area contributed by atoms with Gasteiger partial charge in [0.1, 0.15) is 18.0 Å². The number of allylic oxidation sites excluding steroid dienone is 2. The molecule has 0 radical (unpaired) electrons. The Morgan fingerprint density at radius 3 is 2.14 bits per heavy atom. The lowest BCUT2D eigenvalue weighted by atomic mass is 9.89. The molecular weight excluding hydrogens is 683 g/mol. The number of thiocarbonyl (C=S) groups is 1. The molecule has 0 spiro atoms. The zero-order valence-electron chi connectivity index (χ0n) is 27.3. The molecule has 260 valence electrons. The van der Waals surface area contributed by atoms with Gasteiger partial charge in [-0.1, -0.05) is 91.7 Å². The molecule has 0 aromatic heterocycles. The summed E-state index contributed by atoms with van der Waals surface area (Å²) < 4.78 is 53.5. The molecular formula is C38H37F4N4O2PS. The van der Waals surface area contributed by atoms with Gasteiger partial charge in [-0.3, -0.25) is 9.59 Å². The molecule has 2 aliphatic carbocycles. The van der Waals surface area contributed by atoms with Crippen LogP contribution < -0.4 is 42.7 Å². The van der Waals surface area contributed by atoms with Gasteiger partial charge in [-0.25, -0.2) is 4.39 Å². The maximum absolute atomic E-state index is 13.4. The summed E-state index contributed by atoms with van der Waals surface area (Å²) >= 11 is 5.45. The predicted octanol–water partition coefficient (Wildman–Crippen LogP) is 7.48. The number of hydrogen-bond donors (Lipinski definition) is 4. The Balaban J connectivity index is 1.16. The van der Waals surface area contributed by atoms with Gasteiger partial charge in [0.15, 0.2) is 5.11 Å². The van der Waals surface area contributed by atoms with Gasteiger partial charge >= 0.3 is 6.18 Å². The van der Waals surface area contributed by atoms with E-state index in [1.165, 1.54) is 22.0 Å². The van der Waals surface area contributed by atoms with Gasteiger partial charge < -0.3 is 21.3 Å². The van der Waals surface area contributed by atoms with E-state index in [0.29, 0.717) is 12.8 Å². The average molecular weight is 721 g/mol. The van der Waals surface area contributed by atoms with Crippen LogP contribution in [0.5, 0.6) is 0 Å². The van der Waals surface area contributed by atoms with E-state index < -0.39 is 37.2 Å². The van der Waals surface area contributed by atoms with Crippen LogP contribution >= 0.6 is 20.1 Å². The zero-order chi connectivity index (χ0) is 35.4. The number of nitrogens with one attached hydrogen (secondary N) is 4. The highest BCUT2D eigenvalue weighted by atomic mass is 32.1. The summed E-state index contributed by atoms with van der Waals surface area (Å²) in [7, 11) is -0.849. The number of halogens is 4. The van der Waals surface area contributed by atoms with Crippen LogP contribution in [-0.2, 0) is 12.9 Å². The molecule has 0 saturated heterocycles. The van der Waals surface area contributed by atoms with Gasteiger partial charge in [-0.2, -0.15) is 13.2 Å². The van der Waals surface area contributed by atoms with E-state index in [-0.39, 0.29) is 51.8 Å². The summed E-state index contributed by atoms with van der Waals surface area (Å²) in [5.74, 6) is -0.0277. The summed E-state index contributed by atoms with van der Waals surface area (Å²) in [4.78, 5) is 25.9. The minimum absolute atomic E-state index is 0.0193. The molecule has 1 fully saturated rings. The van der Waals surface area contributed by atoms with Crippen LogP contribution in [0.2, 0.25) is 0 Å². The number of benzene rings is 3. The van der Waals surface area contributed by atoms with Crippen LogP contribution in [-0.4, -0.2) is 23.2 Å². The minimum Gasteiger partial charge on any atom is -0.377 e. The highest BCUT2D eigenvalue weighted by molar-refractivity contribution is 7.80. The third-order valence-electron chi connectivity index (χ3n) is 9.18. The Labute approximate surface area is 294 Å². The Hall–Kier alpha value is -4.34. The topological polar surface area (TPSA) is 82.3 Å². The molecule has 4 aromatic rings. The smallest absolute Gasteiger partial charge is 0.377 e. The van der Waals surface area contributed by atoms with Crippen molar-refractivity contribution < 1.29 is 17.6 Å². The molecule has 0 aliphatic heterocycles. The first-order valence-electron chi connectivity index (χ1n) is 16.5. The van der Waals surface area contributed by atoms with Crippen molar-refractivity contribution in [2.45, 2.75) is 63.6 Å². The normalized spacial score (nSPS) is 19.6. The SMILES string of the molecule is C[C@@H](Nc1c(N[C@H]2CCCC[C@@H]2NC(=S)Nc2cc(CF)cc(C(F)(F)F)c2)c(=O)c1=O)[C@@H]1C=CC=C1P(c1ccccc1)c1ccccc1. The number of rotatable bonds is 11. The molecule has 6 rings (SSSR count). The lowest BCUT2D eigenvalue weighted by Crippen LogP contribution is -2.52. The molecule has 1 saturated carbocycles. The molecule has 4 N–H and O–H groups in total. The first kappa shape index (κ1) is 35.5. The summed E-state index contributed by atoms with van der Waals surface area (Å²) in [5, 5.41) is 16.4. The average Bonchev–Trinajstić information content (AvgIpc) is 3.60. The van der Waals surface area contributed by atoms with E-state index in [1.54, 1.807) is 0 Å². The fraction of sp³-hybridized carbons (Fsp3) is 0.289. The van der Waals surface area contributed by atoms with Gasteiger partial charge in [0.25, 0.3) is 10.9 Å². The van der Waals surface area contributed by atoms with E-state index in [1.807, 2.05) is 49.4 Å². The second-order valence-corrected chi connectivity index (χ2v) is 15.3. The summed E-state index contributed by atoms with van der Waals surface area (Å²) in [5.41, 5.74) is -1.77. The van der Waals surface area contributed by atoms with E-state index in [2.05, 4.69) is 57.7 Å². The zero-order valence-corrected chi connectivity index (χ0v) is 29.0. The first-order valence-corrected chi connectivity index (χ1v) is 18.3. The molecule has 0 unspecified atom stereocenters. The van der Waals surface area contributed by atoms with Crippen molar-refractivity contribution in [3.63, 3.8) is 0 Å². The van der Waals surface area contributed by atoms with Crippen molar-refractivity contribution in [1.82, 2.24) is 5.32 Å². The second kappa shape index (κ2) is 15.3. The molecule has 0 heterocycles. The van der Waals surface area contributed by atoms with Gasteiger partial charge in [0, 0.05) is 29.7 Å². The summed E-state index contributed by atoms with van der Waals surface area (Å²) in [6.07, 6.45) is 4.80. The molecule has 0 amide bonds. The van der Waals surface area contributed by atoms with Crippen molar-refractivity contribution in [3.05, 3.63) is 134 Å². The fourth-order valence-electron chi connectivity index (χ4n) is 6.72. The first-order chi connectivity index (χ1) is 24.0. The lowest BCUT2D eigenvalue weighted by molar-refractivity contribution is -0.137. The van der Waals surface area contributed by atoms with E-state index in [0.717, 1.165) is 25.0 Å². The fourth-order valence-corrected chi connectivity index (χ4v) is 9.67. The van der Waals surface area contributed by atoms with Gasteiger partial charge in [0.2, 0.25) is 0 Å². The van der Waals surface area contributed by atoms with Crippen LogP contribution in [0.1, 0.15) is 43.7 Å². The van der Waals surface area contributed by atoms with Crippen molar-refractivity contribution >= 4 is 52.9 Å². The standard InChI is InChI=1S/C38H37F4N4O2PS/c1-23(29-15-10-18-32(29)49(27-11-4-2-5-12-27)28-13-6-3-7-14-28)43-33-34(36(48)35(33)47)45-30-16-8-9-17-31(30)46-37(50)44-26-20-24(22-39)19-25(21-26)38(40,41)42/h2-7,10-15,18-21,23,29-31,43,45H,8-9,16-17,22H2,1H3,(H2,44,46,50)/t23-,29+,30+,31+/m1/s1. The highest BCUT2D eigenvalue weighted by Gasteiger charge is 2.34. The highest BCUT2D eigenvalue weighted by Crippen LogP contribution is 2.50. The molecule has 0 bridgehead atoms. The maximum Gasteiger partial charge on any atom is 0.416 e. The largest absolute Gasteiger partial charge is 0.416 e. The number of anilines is 3. The molecule has 12 heteroatoms. The van der Waals surface area contributed by atoms with Crippen molar-refractivity contribution in [2.24, 2.45) is 5.92 Å². The van der Waals surface area contributed by atoms with Crippen LogP contribution in [0.15, 0.2) is 112 Å². The monoisotopic (exact) mass is 720 g/mol. The minimum atomic E-state index is -4.64. The summed E-state index contributed by atoms with van der Waals surface area (Å²) in [6, 6.07) is 22.9. The predicted molar refractivity (Wildman–Crippen MR) is 200 cm³/mol. The Morgan fingerprint density at radius 1 is 0.900 bits per heavy atom. The number of alkyl halides is 4. The quantitative estimate of drug-likeness (QED) is 0.0554. The Bertz CT molecular complexity index is 1920. The van der Waals surface area contributed by atoms with Gasteiger partial charge in [0.05, 0.1) is 5.56 Å². The van der Waals surface area contributed by atoms with Crippen molar-refractivity contribution in [1.29, 1.82) is 0 Å². The van der Waals surface area contributed by atoms with Gasteiger partial charge in [-0.05, 0) is 79.6 Å². The third-order valence-corrected chi connectivity index (χ3v) is 12.0. The molecule has 2 aliphatic rings. The van der Waals surface area contributed by atoms with E-state index in [9.17, 15) is 27.2 Å². The van der Waals surface area contributed by atoms with E-state index in [4.69, 9.17) is 12.2 Å². The molecule has 6 nitrogen and oxygen atoms in total. The lowest BCUT2D eigenvalue weighted by Gasteiger charge is -2.35. The Kier molecular flexibility index (Phi) is 10.8. The van der Waals surface area contributed by atoms with Crippen molar-refractivity contribution in [3.8, 4) is 0 Å². The Morgan fingerprint density at radius 2 is 1.52 bits per heavy atom. The third kappa shape index (κ3) is 7.84. The molecule has 4 atom stereocenters. The van der Waals surface area contributed by atoms with Crippen LogP contribution in [0, 0.1) is 5.92 Å². The number of hydrogen-bond acceptors (Lipinski definition) is 5. The van der Waals surface area contributed by atoms with Crippen LogP contribution in [0.3, 0.4) is 0 Å². The van der Waals surface area contributed by atoms with E-state index >= 15 is 0 Å². The van der Waals surface area contributed by atoms with Crippen LogP contribution in [0.4, 0.5) is 34.6 Å². The van der Waals surface area contributed by atoms with Crippen molar-refractivity contribution in [2.75, 3.05) is 16.0 Å². The second-order valence-electron chi connectivity index (χ2n) is 12.6.